The molecule has 8 heteroatoms. The Balaban J connectivity index is 2.56. The molecule has 7 nitrogen and oxygen atoms in total. The van der Waals surface area contributed by atoms with Gasteiger partial charge in [0.2, 0.25) is 0 Å². The van der Waals surface area contributed by atoms with Crippen molar-refractivity contribution in [3.05, 3.63) is 9.67 Å². The zero-order chi connectivity index (χ0) is 26.1. The predicted molar refractivity (Wildman–Crippen MR) is 141 cm³/mol. The summed E-state index contributed by atoms with van der Waals surface area (Å²) in [4.78, 5) is 0. The summed E-state index contributed by atoms with van der Waals surface area (Å²) in [5.74, 6) is -2.27. The molecule has 0 aromatic carbocycles. The fraction of sp³-hybridized carbons (Fsp3) is 0.926. The SMILES string of the molecule is CCC[CH2][Sn](/[CH]=C1\[C@H](O)C[C@@H](OCOC)[C@H]2O[C@](C)(OC)[C@@](C)(OC)O[C@H]12)([CH2]CCC)[CH2]CCC. The molecule has 0 radical (unpaired) electrons. The summed E-state index contributed by atoms with van der Waals surface area (Å²) in [6, 6.07) is 0. The van der Waals surface area contributed by atoms with Crippen LogP contribution in [-0.2, 0) is 28.4 Å². The van der Waals surface area contributed by atoms with Crippen molar-refractivity contribution in [3.8, 4) is 0 Å². The van der Waals surface area contributed by atoms with Gasteiger partial charge >= 0.3 is 219 Å². The minimum absolute atomic E-state index is 0.126. The molecule has 0 spiro atoms. The molecule has 2 rings (SSSR count). The first-order valence-electron chi connectivity index (χ1n) is 13.7. The predicted octanol–water partition coefficient (Wildman–Crippen LogP) is 5.56. The van der Waals surface area contributed by atoms with Gasteiger partial charge in [0.1, 0.15) is 0 Å². The van der Waals surface area contributed by atoms with E-state index in [1.807, 2.05) is 13.8 Å². The molecule has 1 saturated carbocycles. The minimum atomic E-state index is -2.75. The molecule has 0 aromatic heterocycles. The normalized spacial score (nSPS) is 34.8. The topological polar surface area (TPSA) is 75.6 Å². The molecule has 0 amide bonds. The second-order valence-corrected chi connectivity index (χ2v) is 23.5. The standard InChI is InChI=1S/C15H25O7.3C4H9.Sn/c1-9-10(16)7-11(20-8-17-4)13-12(9)21-14(2,18-5)15(3,19-6)22-13;3*1-3-4-2;/h1,10-13,16H,7-8H2,2-6H3;3*1,3-4H2,2H3;/t10-,11-,12-,13-,14+,15+;;;;/m1..../s1. The number of unbranched alkanes of at least 4 members (excludes halogenated alkanes) is 3. The van der Waals surface area contributed by atoms with Crippen molar-refractivity contribution in [1.29, 1.82) is 0 Å². The first kappa shape index (κ1) is 31.5. The molecule has 35 heavy (non-hydrogen) atoms. The van der Waals surface area contributed by atoms with Crippen LogP contribution in [-0.4, -0.2) is 87.6 Å². The summed E-state index contributed by atoms with van der Waals surface area (Å²) in [5.41, 5.74) is 0.979. The van der Waals surface area contributed by atoms with Gasteiger partial charge in [-0.15, -0.1) is 0 Å². The summed E-state index contributed by atoms with van der Waals surface area (Å²) in [6.07, 6.45) is 5.91. The maximum atomic E-state index is 11.5. The Kier molecular flexibility index (Phi) is 13.0. The van der Waals surface area contributed by atoms with Gasteiger partial charge in [0, 0.05) is 0 Å². The number of hydrogen-bond donors (Lipinski definition) is 1. The first-order chi connectivity index (χ1) is 16.7. The van der Waals surface area contributed by atoms with Gasteiger partial charge in [-0.3, -0.25) is 0 Å². The van der Waals surface area contributed by atoms with E-state index in [-0.39, 0.29) is 12.9 Å². The van der Waals surface area contributed by atoms with Gasteiger partial charge in [-0.2, -0.15) is 0 Å². The number of methoxy groups -OCH3 is 3. The Morgan fingerprint density at radius 3 is 1.89 bits per heavy atom. The Labute approximate surface area is 218 Å². The zero-order valence-corrected chi connectivity index (χ0v) is 26.4. The van der Waals surface area contributed by atoms with Crippen molar-refractivity contribution in [2.45, 2.75) is 129 Å². The van der Waals surface area contributed by atoms with Crippen LogP contribution in [0.2, 0.25) is 13.3 Å². The van der Waals surface area contributed by atoms with Gasteiger partial charge in [-0.1, -0.05) is 0 Å². The van der Waals surface area contributed by atoms with Gasteiger partial charge in [-0.25, -0.2) is 0 Å². The molecule has 1 aliphatic heterocycles. The monoisotopic (exact) mass is 608 g/mol. The molecule has 6 atom stereocenters. The molecule has 2 aliphatic rings. The maximum absolute atomic E-state index is 11.5. The zero-order valence-electron chi connectivity index (χ0n) is 23.6. The molecule has 1 saturated heterocycles. The fourth-order valence-electron chi connectivity index (χ4n) is 5.55. The average molecular weight is 607 g/mol. The van der Waals surface area contributed by atoms with Crippen LogP contribution < -0.4 is 0 Å². The van der Waals surface area contributed by atoms with E-state index in [1.54, 1.807) is 21.3 Å². The van der Waals surface area contributed by atoms with Gasteiger partial charge < -0.3 is 0 Å². The number of rotatable bonds is 15. The van der Waals surface area contributed by atoms with E-state index in [0.717, 1.165) is 5.57 Å². The number of hydrogen-bond acceptors (Lipinski definition) is 7. The van der Waals surface area contributed by atoms with Gasteiger partial charge in [0.05, 0.1) is 0 Å². The van der Waals surface area contributed by atoms with Crippen LogP contribution in [0.5, 0.6) is 0 Å². The van der Waals surface area contributed by atoms with Crippen LogP contribution in [0.4, 0.5) is 0 Å². The van der Waals surface area contributed by atoms with E-state index >= 15 is 0 Å². The van der Waals surface area contributed by atoms with Gasteiger partial charge in [-0.05, 0) is 0 Å². The summed E-state index contributed by atoms with van der Waals surface area (Å²) in [5, 5.41) is 11.5. The average Bonchev–Trinajstić information content (AvgIpc) is 2.86. The molecule has 206 valence electrons. The quantitative estimate of drug-likeness (QED) is 0.193. The number of aliphatic hydroxyl groups is 1. The second kappa shape index (κ2) is 14.4. The summed E-state index contributed by atoms with van der Waals surface area (Å²) < 4.78 is 42.6. The van der Waals surface area contributed by atoms with Crippen molar-refractivity contribution >= 4 is 18.4 Å². The molecule has 2 fully saturated rings. The van der Waals surface area contributed by atoms with E-state index in [9.17, 15) is 5.11 Å². The summed E-state index contributed by atoms with van der Waals surface area (Å²) in [7, 11) is 4.80. The molecular formula is C27H52O7Sn. The van der Waals surface area contributed by atoms with Crippen molar-refractivity contribution in [3.63, 3.8) is 0 Å². The Bertz CT molecular complexity index is 638. The van der Waals surface area contributed by atoms with Crippen molar-refractivity contribution < 1.29 is 33.5 Å². The van der Waals surface area contributed by atoms with Gasteiger partial charge in [0.25, 0.3) is 0 Å². The van der Waals surface area contributed by atoms with Crippen molar-refractivity contribution in [2.75, 3.05) is 28.1 Å². The molecule has 1 N–H and O–H groups in total. The van der Waals surface area contributed by atoms with E-state index in [4.69, 9.17) is 28.4 Å². The molecule has 0 unspecified atom stereocenters. The number of fused-ring (bicyclic) bond motifs is 1. The third kappa shape index (κ3) is 7.43. The third-order valence-electron chi connectivity index (χ3n) is 8.11. The molecule has 1 heterocycles. The summed E-state index contributed by atoms with van der Waals surface area (Å²) in [6.45, 7) is 10.6. The van der Waals surface area contributed by atoms with Crippen molar-refractivity contribution in [1.82, 2.24) is 0 Å². The number of aliphatic hydroxyl groups excluding tert-OH is 1. The first-order valence-corrected chi connectivity index (χ1v) is 21.4. The molecular weight excluding hydrogens is 555 g/mol. The molecule has 0 aromatic rings. The van der Waals surface area contributed by atoms with E-state index in [2.05, 4.69) is 24.9 Å². The van der Waals surface area contributed by atoms with E-state index in [0.29, 0.717) is 6.42 Å². The van der Waals surface area contributed by atoms with Crippen LogP contribution in [0.3, 0.4) is 0 Å². The molecule has 1 aliphatic carbocycles. The summed E-state index contributed by atoms with van der Waals surface area (Å²) >= 11 is -2.75. The van der Waals surface area contributed by atoms with Gasteiger partial charge in [0.15, 0.2) is 0 Å². The van der Waals surface area contributed by atoms with Crippen molar-refractivity contribution in [2.24, 2.45) is 0 Å². The third-order valence-corrected chi connectivity index (χ3v) is 22.4. The van der Waals surface area contributed by atoms with Crippen LogP contribution in [0.25, 0.3) is 0 Å². The Hall–Kier alpha value is 0.259. The van der Waals surface area contributed by atoms with E-state index in [1.165, 1.54) is 51.8 Å². The van der Waals surface area contributed by atoms with E-state index < -0.39 is 48.3 Å². The fourth-order valence-corrected chi connectivity index (χ4v) is 21.0. The van der Waals surface area contributed by atoms with Crippen LogP contribution >= 0.6 is 0 Å². The van der Waals surface area contributed by atoms with Crippen LogP contribution in [0.15, 0.2) is 9.67 Å². The Morgan fingerprint density at radius 1 is 0.914 bits per heavy atom. The number of ether oxygens (including phenoxy) is 6. The van der Waals surface area contributed by atoms with Crippen LogP contribution in [0, 0.1) is 0 Å². The molecule has 0 bridgehead atoms. The Morgan fingerprint density at radius 2 is 1.43 bits per heavy atom. The second-order valence-electron chi connectivity index (χ2n) is 10.6. The van der Waals surface area contributed by atoms with Crippen LogP contribution in [0.1, 0.15) is 79.6 Å².